The zero-order valence-electron chi connectivity index (χ0n) is 58.0. The molecule has 0 aliphatic rings. The number of ether oxygens (including phenoxy) is 10. The van der Waals surface area contributed by atoms with Crippen molar-refractivity contribution in [3.63, 3.8) is 0 Å². The Morgan fingerprint density at radius 2 is 0.415 bits per heavy atom. The Bertz CT molecular complexity index is 3680. The molecule has 0 radical (unpaired) electrons. The lowest BCUT2D eigenvalue weighted by molar-refractivity contribution is 0.309. The van der Waals surface area contributed by atoms with Crippen molar-refractivity contribution < 1.29 is 47.4 Å². The molecule has 0 fully saturated rings. The maximum Gasteiger partial charge on any atom is 0.129 e. The summed E-state index contributed by atoms with van der Waals surface area (Å²) in [5.41, 5.74) is 12.8. The first-order chi connectivity index (χ1) is 45.8. The lowest BCUT2D eigenvalue weighted by atomic mass is 10.00. The van der Waals surface area contributed by atoms with Crippen LogP contribution in [-0.4, -0.2) is 105 Å². The van der Waals surface area contributed by atoms with E-state index in [1.165, 1.54) is 0 Å². The summed E-state index contributed by atoms with van der Waals surface area (Å²) in [6, 6.07) is 32.7. The largest absolute Gasteiger partial charge is 0.494 e. The molecule has 502 valence electrons. The van der Waals surface area contributed by atoms with Crippen molar-refractivity contribution in [1.29, 1.82) is 0 Å². The fraction of sp³-hybridized carbons (Fsp3) is 0.447. The first-order valence-electron chi connectivity index (χ1n) is 34.1. The molecule has 4 aromatic heterocycles. The van der Waals surface area contributed by atoms with Crippen LogP contribution in [0.25, 0.3) is 90.1 Å². The minimum absolute atomic E-state index is 0.473. The molecular formula is C76H98N8O10. The van der Waals surface area contributed by atoms with Crippen LogP contribution in [0.5, 0.6) is 57.5 Å². The highest BCUT2D eigenvalue weighted by Crippen LogP contribution is 2.48. The van der Waals surface area contributed by atoms with Crippen molar-refractivity contribution in [1.82, 2.24) is 39.1 Å². The van der Waals surface area contributed by atoms with Crippen molar-refractivity contribution in [2.24, 2.45) is 28.2 Å². The first-order valence-corrected chi connectivity index (χ1v) is 34.1. The molecule has 18 nitrogen and oxygen atoms in total. The highest BCUT2D eigenvalue weighted by Gasteiger charge is 2.28. The van der Waals surface area contributed by atoms with Crippen LogP contribution in [0.4, 0.5) is 0 Å². The highest BCUT2D eigenvalue weighted by molar-refractivity contribution is 5.87. The van der Waals surface area contributed by atoms with Crippen molar-refractivity contribution in [2.45, 2.75) is 133 Å². The van der Waals surface area contributed by atoms with Gasteiger partial charge in [-0.2, -0.15) is 20.4 Å². The van der Waals surface area contributed by atoms with Crippen LogP contribution in [0.3, 0.4) is 0 Å². The Morgan fingerprint density at radius 3 is 0.649 bits per heavy atom. The quantitative estimate of drug-likeness (QED) is 0.0359. The van der Waals surface area contributed by atoms with E-state index in [-0.39, 0.29) is 0 Å². The molecular weight excluding hydrogens is 1180 g/mol. The molecule has 9 aromatic rings. The molecule has 0 spiro atoms. The molecule has 0 bridgehead atoms. The van der Waals surface area contributed by atoms with Crippen molar-refractivity contribution >= 4 is 0 Å². The fourth-order valence-corrected chi connectivity index (χ4v) is 11.0. The molecule has 0 saturated carbocycles. The van der Waals surface area contributed by atoms with Gasteiger partial charge in [0.05, 0.1) is 112 Å². The predicted molar refractivity (Wildman–Crippen MR) is 375 cm³/mol. The molecule has 9 rings (SSSR count). The summed E-state index contributed by atoms with van der Waals surface area (Å²) in [7, 11) is 7.83. The van der Waals surface area contributed by atoms with E-state index in [0.29, 0.717) is 112 Å². The second-order valence-corrected chi connectivity index (χ2v) is 23.5. The molecule has 0 aliphatic heterocycles. The third-order valence-electron chi connectivity index (χ3n) is 15.5. The smallest absolute Gasteiger partial charge is 0.129 e. The molecule has 0 aliphatic carbocycles. The number of rotatable bonds is 38. The van der Waals surface area contributed by atoms with Gasteiger partial charge in [0.1, 0.15) is 57.5 Å². The van der Waals surface area contributed by atoms with Crippen LogP contribution in [0.2, 0.25) is 0 Å². The van der Waals surface area contributed by atoms with Crippen LogP contribution >= 0.6 is 0 Å². The summed E-state index contributed by atoms with van der Waals surface area (Å²) in [4.78, 5) is 0. The Morgan fingerprint density at radius 1 is 0.223 bits per heavy atom. The summed E-state index contributed by atoms with van der Waals surface area (Å²) < 4.78 is 72.6. The zero-order valence-corrected chi connectivity index (χ0v) is 58.0. The molecule has 0 unspecified atom stereocenters. The standard InChI is InChI=1S/C76H98N8O10/c1-15-29-85-51-25-27-69(87-31-17-3)53(39-51)61-47-65(81(11)77-61)57-43-75(93-37-23-9)59(45-73(57)91-35-21-7)67-49-63(79-83(67)13)55-41-72(90-34-20-6)56(42-71(55)89-33-19-5)64-50-68(84(14)80-64)60-46-74(92-36-22-8)58(44-76(60)94-38-24-10)66-48-62(78-82(66)12)54-40-52(86-30-16-2)26-28-70(54)88-32-18-4/h25-28,39-50H,15-24,29-38H2,1-14H3. The van der Waals surface area contributed by atoms with Gasteiger partial charge < -0.3 is 47.4 Å². The van der Waals surface area contributed by atoms with Crippen molar-refractivity contribution in [2.75, 3.05) is 66.1 Å². The second kappa shape index (κ2) is 33.7. The maximum absolute atomic E-state index is 6.73. The Labute approximate surface area is 556 Å². The lowest BCUT2D eigenvalue weighted by Crippen LogP contribution is -2.04. The van der Waals surface area contributed by atoms with Gasteiger partial charge in [0.2, 0.25) is 0 Å². The number of aromatic nitrogens is 8. The van der Waals surface area contributed by atoms with E-state index in [4.69, 9.17) is 67.8 Å². The minimum Gasteiger partial charge on any atom is -0.494 e. The van der Waals surface area contributed by atoms with E-state index < -0.39 is 0 Å². The van der Waals surface area contributed by atoms with Gasteiger partial charge in [0, 0.05) is 72.7 Å². The average Bonchev–Trinajstić information content (AvgIpc) is 1.58. The molecule has 0 N–H and O–H groups in total. The first kappa shape index (κ1) is 69.3. The van der Waals surface area contributed by atoms with Gasteiger partial charge >= 0.3 is 0 Å². The van der Waals surface area contributed by atoms with Crippen LogP contribution in [0.1, 0.15) is 133 Å². The van der Waals surface area contributed by atoms with Gasteiger partial charge in [-0.3, -0.25) is 18.7 Å². The topological polar surface area (TPSA) is 164 Å². The number of aryl methyl sites for hydroxylation is 4. The van der Waals surface area contributed by atoms with Crippen molar-refractivity contribution in [3.8, 4) is 148 Å². The number of hydrogen-bond acceptors (Lipinski definition) is 14. The molecule has 94 heavy (non-hydrogen) atoms. The van der Waals surface area contributed by atoms with Gasteiger partial charge in [-0.25, -0.2) is 0 Å². The van der Waals surface area contributed by atoms with E-state index in [9.17, 15) is 0 Å². The SMILES string of the molecule is CCCOc1ccc(OCCC)c(-c2cc(-c3cc(OCCC)c(-c4cc(-c5cc(OCCC)c(-c6cc(-c7cc(OCCC)c(-c8cc(-c9cc(OCCC)ccc9OCCC)nn8C)cc7OCCC)n(C)n6)cc5OCCC)nn4C)cc3OCCC)n(C)n2)c1. The second-order valence-electron chi connectivity index (χ2n) is 23.5. The van der Waals surface area contributed by atoms with Crippen LogP contribution < -0.4 is 47.4 Å². The van der Waals surface area contributed by atoms with E-state index in [1.54, 1.807) is 0 Å². The van der Waals surface area contributed by atoms with Crippen LogP contribution in [0.15, 0.2) is 97.1 Å². The average molecular weight is 1280 g/mol. The van der Waals surface area contributed by atoms with Crippen LogP contribution in [0, 0.1) is 0 Å². The minimum atomic E-state index is 0.473. The third kappa shape index (κ3) is 16.3. The van der Waals surface area contributed by atoms with E-state index >= 15 is 0 Å². The maximum atomic E-state index is 6.73. The summed E-state index contributed by atoms with van der Waals surface area (Å²) in [6.07, 6.45) is 8.35. The summed E-state index contributed by atoms with van der Waals surface area (Å²) >= 11 is 0. The lowest BCUT2D eigenvalue weighted by Gasteiger charge is -2.18. The normalized spacial score (nSPS) is 11.3. The third-order valence-corrected chi connectivity index (χ3v) is 15.5. The Kier molecular flexibility index (Phi) is 24.8. The Balaban J connectivity index is 1.13. The highest BCUT2D eigenvalue weighted by atomic mass is 16.5. The molecule has 18 heteroatoms. The van der Waals surface area contributed by atoms with Gasteiger partial charge in [0.25, 0.3) is 0 Å². The predicted octanol–water partition coefficient (Wildman–Crippen LogP) is 17.8. The van der Waals surface area contributed by atoms with E-state index in [1.807, 2.05) is 95.4 Å². The van der Waals surface area contributed by atoms with Crippen molar-refractivity contribution in [3.05, 3.63) is 97.1 Å². The fourth-order valence-electron chi connectivity index (χ4n) is 11.0. The number of hydrogen-bond donors (Lipinski definition) is 0. The Hall–Kier alpha value is -9.06. The van der Waals surface area contributed by atoms with Crippen LogP contribution in [-0.2, 0) is 28.2 Å². The monoisotopic (exact) mass is 1280 g/mol. The number of nitrogens with zero attached hydrogens (tertiary/aromatic N) is 8. The molecule has 0 saturated heterocycles. The molecule has 0 atom stereocenters. The van der Waals surface area contributed by atoms with Gasteiger partial charge in [-0.15, -0.1) is 0 Å². The van der Waals surface area contributed by atoms with Gasteiger partial charge in [-0.05, 0) is 161 Å². The molecule has 0 amide bonds. The number of benzene rings is 5. The summed E-state index contributed by atoms with van der Waals surface area (Å²) in [5.74, 6) is 7.07. The van der Waals surface area contributed by atoms with E-state index in [0.717, 1.165) is 166 Å². The van der Waals surface area contributed by atoms with Gasteiger partial charge in [0.15, 0.2) is 0 Å². The molecule has 4 heterocycles. The van der Waals surface area contributed by atoms with E-state index in [2.05, 4.69) is 118 Å². The summed E-state index contributed by atoms with van der Waals surface area (Å²) in [6.45, 7) is 26.4. The molecule has 5 aromatic carbocycles. The summed E-state index contributed by atoms with van der Waals surface area (Å²) in [5, 5.41) is 20.6. The van der Waals surface area contributed by atoms with Gasteiger partial charge in [-0.1, -0.05) is 69.2 Å². The zero-order chi connectivity index (χ0) is 66.7.